The van der Waals surface area contributed by atoms with Gasteiger partial charge in [0.2, 0.25) is 5.95 Å². The second-order valence-electron chi connectivity index (χ2n) is 8.28. The SMILES string of the molecule is NCCCN(CCCN)Cc1c(F)cc(-c2cnc(NC(=O)Nc3cc(F)c(F)cc3F)[nH]c2=O)cc1F. The van der Waals surface area contributed by atoms with Gasteiger partial charge in [-0.25, -0.2) is 31.7 Å². The van der Waals surface area contributed by atoms with E-state index in [2.05, 4.69) is 15.3 Å². The van der Waals surface area contributed by atoms with Crippen LogP contribution in [0.25, 0.3) is 11.1 Å². The normalized spacial score (nSPS) is 11.2. The number of halogens is 5. The minimum Gasteiger partial charge on any atom is -0.330 e. The molecular formula is C24H26F5N7O2. The van der Waals surface area contributed by atoms with Gasteiger partial charge in [-0.2, -0.15) is 0 Å². The number of carbonyl (C=O) groups excluding carboxylic acids is 1. The number of nitrogens with zero attached hydrogens (tertiary/aromatic N) is 2. The Labute approximate surface area is 214 Å². The molecule has 0 bridgehead atoms. The molecule has 7 N–H and O–H groups in total. The number of H-pyrrole nitrogens is 1. The lowest BCUT2D eigenvalue weighted by atomic mass is 10.0. The Bertz CT molecular complexity index is 1320. The highest BCUT2D eigenvalue weighted by molar-refractivity contribution is 5.98. The van der Waals surface area contributed by atoms with E-state index >= 15 is 0 Å². The maximum Gasteiger partial charge on any atom is 0.326 e. The number of rotatable bonds is 11. The molecule has 38 heavy (non-hydrogen) atoms. The van der Waals surface area contributed by atoms with E-state index in [-0.39, 0.29) is 29.3 Å². The Kier molecular flexibility index (Phi) is 9.87. The summed E-state index contributed by atoms with van der Waals surface area (Å²) in [7, 11) is 0. The number of hydrogen-bond acceptors (Lipinski definition) is 6. The van der Waals surface area contributed by atoms with E-state index in [1.165, 1.54) is 0 Å². The number of benzene rings is 2. The molecule has 0 aliphatic carbocycles. The molecule has 0 unspecified atom stereocenters. The quantitative estimate of drug-likeness (QED) is 0.187. The minimum atomic E-state index is -1.44. The van der Waals surface area contributed by atoms with Crippen molar-refractivity contribution < 1.29 is 26.7 Å². The third-order valence-corrected chi connectivity index (χ3v) is 5.48. The molecule has 1 heterocycles. The summed E-state index contributed by atoms with van der Waals surface area (Å²) < 4.78 is 69.8. The van der Waals surface area contributed by atoms with Crippen LogP contribution in [-0.2, 0) is 6.54 Å². The molecule has 14 heteroatoms. The summed E-state index contributed by atoms with van der Waals surface area (Å²) in [4.78, 5) is 32.5. The van der Waals surface area contributed by atoms with Gasteiger partial charge in [0, 0.05) is 30.4 Å². The summed E-state index contributed by atoms with van der Waals surface area (Å²) in [6.45, 7) is 1.90. The second-order valence-corrected chi connectivity index (χ2v) is 8.28. The van der Waals surface area contributed by atoms with E-state index in [0.717, 1.165) is 18.3 Å². The number of urea groups is 1. The van der Waals surface area contributed by atoms with Crippen molar-refractivity contribution in [3.63, 3.8) is 0 Å². The van der Waals surface area contributed by atoms with Crippen molar-refractivity contribution in [2.75, 3.05) is 36.8 Å². The number of nitrogens with one attached hydrogen (secondary N) is 3. The van der Waals surface area contributed by atoms with Crippen molar-refractivity contribution in [2.45, 2.75) is 19.4 Å². The van der Waals surface area contributed by atoms with Crippen molar-refractivity contribution in [3.05, 3.63) is 75.5 Å². The van der Waals surface area contributed by atoms with Crippen LogP contribution in [-0.4, -0.2) is 47.1 Å². The van der Waals surface area contributed by atoms with Crippen molar-refractivity contribution in [2.24, 2.45) is 11.5 Å². The lowest BCUT2D eigenvalue weighted by molar-refractivity contribution is 0.254. The van der Waals surface area contributed by atoms with Crippen LogP contribution >= 0.6 is 0 Å². The first kappa shape index (κ1) is 28.7. The highest BCUT2D eigenvalue weighted by atomic mass is 19.2. The van der Waals surface area contributed by atoms with Crippen LogP contribution < -0.4 is 27.7 Å². The van der Waals surface area contributed by atoms with Crippen molar-refractivity contribution in [3.8, 4) is 11.1 Å². The van der Waals surface area contributed by atoms with Crippen LogP contribution in [0.15, 0.2) is 35.3 Å². The third-order valence-electron chi connectivity index (χ3n) is 5.48. The fourth-order valence-corrected chi connectivity index (χ4v) is 3.58. The molecule has 2 aromatic carbocycles. The number of aromatic amines is 1. The average molecular weight is 540 g/mol. The van der Waals surface area contributed by atoms with Crippen LogP contribution in [0.4, 0.5) is 38.4 Å². The number of nitrogens with two attached hydrogens (primary N) is 2. The van der Waals surface area contributed by atoms with Gasteiger partial charge in [0.25, 0.3) is 5.56 Å². The van der Waals surface area contributed by atoms with Gasteiger partial charge in [0.15, 0.2) is 11.6 Å². The Hall–Kier alpha value is -3.88. The van der Waals surface area contributed by atoms with Gasteiger partial charge in [-0.1, -0.05) is 0 Å². The summed E-state index contributed by atoms with van der Waals surface area (Å²) in [6.07, 6.45) is 2.26. The molecule has 0 fully saturated rings. The zero-order valence-corrected chi connectivity index (χ0v) is 20.1. The summed E-state index contributed by atoms with van der Waals surface area (Å²) >= 11 is 0. The highest BCUT2D eigenvalue weighted by Gasteiger charge is 2.18. The first-order valence-electron chi connectivity index (χ1n) is 11.6. The zero-order valence-electron chi connectivity index (χ0n) is 20.1. The predicted molar refractivity (Wildman–Crippen MR) is 132 cm³/mol. The van der Waals surface area contributed by atoms with Crippen LogP contribution in [0, 0.1) is 29.1 Å². The van der Waals surface area contributed by atoms with Crippen molar-refractivity contribution in [1.29, 1.82) is 0 Å². The first-order chi connectivity index (χ1) is 18.1. The molecule has 2 amide bonds. The number of aromatic nitrogens is 2. The summed E-state index contributed by atoms with van der Waals surface area (Å²) in [5, 5.41) is 4.03. The van der Waals surface area contributed by atoms with Crippen LogP contribution in [0.1, 0.15) is 18.4 Å². The van der Waals surface area contributed by atoms with Crippen molar-refractivity contribution in [1.82, 2.24) is 14.9 Å². The molecule has 3 aromatic rings. The Morgan fingerprint density at radius 2 is 1.47 bits per heavy atom. The second kappa shape index (κ2) is 13.1. The van der Waals surface area contributed by atoms with Gasteiger partial charge in [0.1, 0.15) is 17.5 Å². The first-order valence-corrected chi connectivity index (χ1v) is 11.6. The van der Waals surface area contributed by atoms with Gasteiger partial charge < -0.3 is 16.8 Å². The fourth-order valence-electron chi connectivity index (χ4n) is 3.58. The molecule has 0 spiro atoms. The van der Waals surface area contributed by atoms with Crippen molar-refractivity contribution >= 4 is 17.7 Å². The average Bonchev–Trinajstić information content (AvgIpc) is 2.85. The molecule has 0 aliphatic heterocycles. The number of amides is 2. The van der Waals surface area contributed by atoms with E-state index in [4.69, 9.17) is 11.5 Å². The molecular weight excluding hydrogens is 513 g/mol. The van der Waals surface area contributed by atoms with Gasteiger partial charge in [0.05, 0.1) is 11.3 Å². The zero-order chi connectivity index (χ0) is 27.8. The third kappa shape index (κ3) is 7.34. The highest BCUT2D eigenvalue weighted by Crippen LogP contribution is 2.24. The molecule has 3 rings (SSSR count). The smallest absolute Gasteiger partial charge is 0.326 e. The van der Waals surface area contributed by atoms with Crippen LogP contribution in [0.3, 0.4) is 0 Å². The molecule has 1 aromatic heterocycles. The lowest BCUT2D eigenvalue weighted by Gasteiger charge is -2.22. The standard InChI is InChI=1S/C24H26F5N7O2/c25-16-7-13(8-17(26)15(16)12-36(5-1-3-30)6-2-4-31)14-11-32-23(34-22(14)37)35-24(38)33-21-10-19(28)18(27)9-20(21)29/h7-11H,1-6,12,30-31H2,(H3,32,33,34,35,37,38). The molecule has 0 aliphatic rings. The van der Waals surface area contributed by atoms with Gasteiger partial charge in [-0.05, 0) is 56.7 Å². The number of anilines is 2. The molecule has 0 atom stereocenters. The maximum atomic E-state index is 14.9. The Morgan fingerprint density at radius 3 is 2.05 bits per heavy atom. The van der Waals surface area contributed by atoms with Crippen LogP contribution in [0.2, 0.25) is 0 Å². The minimum absolute atomic E-state index is 0.0108. The van der Waals surface area contributed by atoms with Gasteiger partial charge in [-0.3, -0.25) is 20.0 Å². The largest absolute Gasteiger partial charge is 0.330 e. The summed E-state index contributed by atoms with van der Waals surface area (Å²) in [5.74, 6) is -6.18. The fraction of sp³-hybridized carbons (Fsp3) is 0.292. The summed E-state index contributed by atoms with van der Waals surface area (Å²) in [6, 6.07) is 1.56. The molecule has 204 valence electrons. The molecule has 9 nitrogen and oxygen atoms in total. The van der Waals surface area contributed by atoms with Gasteiger partial charge in [-0.15, -0.1) is 0 Å². The monoisotopic (exact) mass is 539 g/mol. The lowest BCUT2D eigenvalue weighted by Crippen LogP contribution is -2.29. The van der Waals surface area contributed by atoms with E-state index in [1.807, 2.05) is 10.2 Å². The molecule has 0 radical (unpaired) electrons. The molecule has 0 saturated carbocycles. The predicted octanol–water partition coefficient (Wildman–Crippen LogP) is 3.28. The Morgan fingerprint density at radius 1 is 0.868 bits per heavy atom. The van der Waals surface area contributed by atoms with E-state index in [0.29, 0.717) is 45.1 Å². The van der Waals surface area contributed by atoms with Gasteiger partial charge >= 0.3 is 6.03 Å². The van der Waals surface area contributed by atoms with Crippen LogP contribution in [0.5, 0.6) is 0 Å². The topological polar surface area (TPSA) is 142 Å². The summed E-state index contributed by atoms with van der Waals surface area (Å²) in [5.41, 5.74) is 9.13. The van der Waals surface area contributed by atoms with E-state index < -0.39 is 52.3 Å². The van der Waals surface area contributed by atoms with E-state index in [1.54, 1.807) is 0 Å². The number of carbonyl (C=O) groups is 1. The maximum absolute atomic E-state index is 14.9. The van der Waals surface area contributed by atoms with E-state index in [9.17, 15) is 31.5 Å². The number of hydrogen-bond donors (Lipinski definition) is 5. The molecule has 0 saturated heterocycles. The Balaban J connectivity index is 1.75.